The van der Waals surface area contributed by atoms with Crippen molar-refractivity contribution in [3.63, 3.8) is 0 Å². The largest absolute Gasteiger partial charge is 0.268 e. The topological polar surface area (TPSA) is 39.1 Å². The summed E-state index contributed by atoms with van der Waals surface area (Å²) in [4.78, 5) is 0.290. The maximum atomic E-state index is 13.4. The Labute approximate surface area is 153 Å². The Kier molecular flexibility index (Phi) is 3.93. The first-order valence-electron chi connectivity index (χ1n) is 8.46. The molecule has 3 aromatic carbocycles. The molecule has 0 N–H and O–H groups in total. The molecule has 0 bridgehead atoms. The predicted octanol–water partition coefficient (Wildman–Crippen LogP) is 5.16. The standard InChI is InChI=1S/C22H19NO2S/c1-16-7-11-18(12-8-16)22-15-19-5-3-4-6-21(19)23(22)26(24,25)20-13-9-17(2)10-14-20/h3-15H,1-2H3. The second kappa shape index (κ2) is 6.15. The van der Waals surface area contributed by atoms with Crippen LogP contribution in [0.4, 0.5) is 0 Å². The van der Waals surface area contributed by atoms with Crippen molar-refractivity contribution in [3.8, 4) is 11.3 Å². The number of hydrogen-bond donors (Lipinski definition) is 0. The molecule has 0 aliphatic carbocycles. The first-order valence-corrected chi connectivity index (χ1v) is 9.90. The van der Waals surface area contributed by atoms with E-state index in [9.17, 15) is 8.42 Å². The second-order valence-electron chi connectivity index (χ2n) is 6.54. The van der Waals surface area contributed by atoms with Crippen LogP contribution in [0.25, 0.3) is 22.2 Å². The Morgan fingerprint density at radius 1 is 0.731 bits per heavy atom. The summed E-state index contributed by atoms with van der Waals surface area (Å²) in [6.07, 6.45) is 0. The quantitative estimate of drug-likeness (QED) is 0.505. The predicted molar refractivity (Wildman–Crippen MR) is 106 cm³/mol. The maximum Gasteiger partial charge on any atom is 0.268 e. The van der Waals surface area contributed by atoms with E-state index < -0.39 is 10.0 Å². The molecule has 26 heavy (non-hydrogen) atoms. The second-order valence-corrected chi connectivity index (χ2v) is 8.32. The molecule has 0 aliphatic rings. The molecule has 0 fully saturated rings. The van der Waals surface area contributed by atoms with Crippen LogP contribution in [-0.4, -0.2) is 12.4 Å². The molecule has 3 nitrogen and oxygen atoms in total. The van der Waals surface area contributed by atoms with Crippen molar-refractivity contribution in [2.45, 2.75) is 18.7 Å². The van der Waals surface area contributed by atoms with Gasteiger partial charge >= 0.3 is 0 Å². The van der Waals surface area contributed by atoms with Gasteiger partial charge in [0.2, 0.25) is 0 Å². The monoisotopic (exact) mass is 361 g/mol. The van der Waals surface area contributed by atoms with Crippen LogP contribution in [0.15, 0.2) is 83.8 Å². The number of rotatable bonds is 3. The van der Waals surface area contributed by atoms with Crippen LogP contribution < -0.4 is 0 Å². The van der Waals surface area contributed by atoms with E-state index in [2.05, 4.69) is 0 Å². The number of para-hydroxylation sites is 1. The third-order valence-corrected chi connectivity index (χ3v) is 6.32. The molecule has 0 radical (unpaired) electrons. The molecule has 130 valence electrons. The number of aromatic nitrogens is 1. The highest BCUT2D eigenvalue weighted by Crippen LogP contribution is 2.32. The van der Waals surface area contributed by atoms with Gasteiger partial charge in [-0.1, -0.05) is 65.7 Å². The van der Waals surface area contributed by atoms with E-state index in [1.807, 2.05) is 80.6 Å². The van der Waals surface area contributed by atoms with Crippen molar-refractivity contribution < 1.29 is 8.42 Å². The van der Waals surface area contributed by atoms with Crippen molar-refractivity contribution in [2.24, 2.45) is 0 Å². The van der Waals surface area contributed by atoms with Crippen LogP contribution >= 0.6 is 0 Å². The molecular weight excluding hydrogens is 342 g/mol. The van der Waals surface area contributed by atoms with Crippen LogP contribution in [0.2, 0.25) is 0 Å². The molecule has 4 heteroatoms. The first-order chi connectivity index (χ1) is 12.5. The van der Waals surface area contributed by atoms with E-state index in [1.54, 1.807) is 12.1 Å². The minimum absolute atomic E-state index is 0.290. The molecule has 0 aliphatic heterocycles. The SMILES string of the molecule is Cc1ccc(-c2cc3ccccc3n2S(=O)(=O)c2ccc(C)cc2)cc1. The Bertz CT molecular complexity index is 1190. The fourth-order valence-corrected chi connectivity index (χ4v) is 4.66. The van der Waals surface area contributed by atoms with Crippen LogP contribution in [0.5, 0.6) is 0 Å². The van der Waals surface area contributed by atoms with Crippen molar-refractivity contribution in [1.29, 1.82) is 0 Å². The summed E-state index contributed by atoms with van der Waals surface area (Å²) >= 11 is 0. The van der Waals surface area contributed by atoms with Crippen LogP contribution in [0, 0.1) is 13.8 Å². The van der Waals surface area contributed by atoms with E-state index in [0.717, 1.165) is 22.1 Å². The van der Waals surface area contributed by atoms with E-state index in [4.69, 9.17) is 0 Å². The van der Waals surface area contributed by atoms with Gasteiger partial charge in [-0.2, -0.15) is 0 Å². The lowest BCUT2D eigenvalue weighted by molar-refractivity contribution is 0.589. The minimum atomic E-state index is -3.71. The van der Waals surface area contributed by atoms with Crippen molar-refractivity contribution >= 4 is 20.9 Å². The van der Waals surface area contributed by atoms with E-state index in [1.165, 1.54) is 3.97 Å². The summed E-state index contributed by atoms with van der Waals surface area (Å²) in [7, 11) is -3.71. The van der Waals surface area contributed by atoms with Crippen molar-refractivity contribution in [2.75, 3.05) is 0 Å². The van der Waals surface area contributed by atoms with Gasteiger partial charge in [-0.05, 0) is 43.7 Å². The van der Waals surface area contributed by atoms with Gasteiger partial charge in [-0.25, -0.2) is 12.4 Å². The molecule has 1 aromatic heterocycles. The lowest BCUT2D eigenvalue weighted by Gasteiger charge is -2.13. The fraction of sp³-hybridized carbons (Fsp3) is 0.0909. The zero-order valence-electron chi connectivity index (χ0n) is 14.7. The summed E-state index contributed by atoms with van der Waals surface area (Å²) in [5.41, 5.74) is 4.40. The molecule has 0 saturated carbocycles. The molecular formula is C22H19NO2S. The normalized spacial score (nSPS) is 11.8. The van der Waals surface area contributed by atoms with Gasteiger partial charge in [-0.3, -0.25) is 0 Å². The van der Waals surface area contributed by atoms with Crippen LogP contribution in [0.1, 0.15) is 11.1 Å². The van der Waals surface area contributed by atoms with Gasteiger partial charge in [0.15, 0.2) is 0 Å². The molecule has 0 saturated heterocycles. The van der Waals surface area contributed by atoms with Crippen LogP contribution in [0.3, 0.4) is 0 Å². The maximum absolute atomic E-state index is 13.4. The summed E-state index contributed by atoms with van der Waals surface area (Å²) in [5, 5.41) is 0.902. The lowest BCUT2D eigenvalue weighted by atomic mass is 10.1. The number of aryl methyl sites for hydroxylation is 2. The summed E-state index contributed by atoms with van der Waals surface area (Å²) < 4.78 is 28.3. The lowest BCUT2D eigenvalue weighted by Crippen LogP contribution is -2.14. The Morgan fingerprint density at radius 3 is 1.96 bits per heavy atom. The van der Waals surface area contributed by atoms with Crippen molar-refractivity contribution in [1.82, 2.24) is 3.97 Å². The smallest absolute Gasteiger partial charge is 0.233 e. The van der Waals surface area contributed by atoms with E-state index in [0.29, 0.717) is 11.2 Å². The summed E-state index contributed by atoms with van der Waals surface area (Å²) in [5.74, 6) is 0. The van der Waals surface area contributed by atoms with Crippen molar-refractivity contribution in [3.05, 3.63) is 90.0 Å². The third-order valence-electron chi connectivity index (χ3n) is 4.57. The highest BCUT2D eigenvalue weighted by molar-refractivity contribution is 7.90. The Morgan fingerprint density at radius 2 is 1.31 bits per heavy atom. The number of benzene rings is 3. The highest BCUT2D eigenvalue weighted by atomic mass is 32.2. The fourth-order valence-electron chi connectivity index (χ4n) is 3.13. The average molecular weight is 361 g/mol. The molecule has 1 heterocycles. The van der Waals surface area contributed by atoms with Gasteiger partial charge < -0.3 is 0 Å². The number of hydrogen-bond acceptors (Lipinski definition) is 2. The Balaban J connectivity index is 2.03. The zero-order chi connectivity index (χ0) is 18.3. The third kappa shape index (κ3) is 2.72. The van der Waals surface area contributed by atoms with E-state index in [-0.39, 0.29) is 4.90 Å². The number of fused-ring (bicyclic) bond motifs is 1. The van der Waals surface area contributed by atoms with Gasteiger partial charge in [0.1, 0.15) is 0 Å². The van der Waals surface area contributed by atoms with Gasteiger partial charge in [0.25, 0.3) is 10.0 Å². The van der Waals surface area contributed by atoms with Gasteiger partial charge in [-0.15, -0.1) is 0 Å². The molecule has 0 amide bonds. The minimum Gasteiger partial charge on any atom is -0.233 e. The molecule has 4 aromatic rings. The highest BCUT2D eigenvalue weighted by Gasteiger charge is 2.23. The summed E-state index contributed by atoms with van der Waals surface area (Å²) in [6.45, 7) is 3.96. The van der Waals surface area contributed by atoms with Gasteiger partial charge in [0.05, 0.1) is 16.1 Å². The van der Waals surface area contributed by atoms with Gasteiger partial charge in [0, 0.05) is 5.39 Å². The van der Waals surface area contributed by atoms with E-state index >= 15 is 0 Å². The molecule has 0 spiro atoms. The first kappa shape index (κ1) is 16.6. The summed E-state index contributed by atoms with van der Waals surface area (Å²) in [6, 6.07) is 24.4. The molecule has 0 unspecified atom stereocenters. The molecule has 0 atom stereocenters. The molecule has 4 rings (SSSR count). The average Bonchev–Trinajstić information content (AvgIpc) is 3.03. The zero-order valence-corrected chi connectivity index (χ0v) is 15.5. The number of nitrogens with zero attached hydrogens (tertiary/aromatic N) is 1. The Hall–Kier alpha value is -2.85. The van der Waals surface area contributed by atoms with Crippen LogP contribution in [-0.2, 0) is 10.0 Å².